The quantitative estimate of drug-likeness (QED) is 0.449. The van der Waals surface area contributed by atoms with Crippen LogP contribution in [0.4, 0.5) is 0 Å². The van der Waals surface area contributed by atoms with E-state index in [2.05, 4.69) is 4.98 Å². The number of ether oxygens (including phenoxy) is 1. The maximum absolute atomic E-state index is 13.0. The first-order chi connectivity index (χ1) is 13.2. The Hall–Kier alpha value is -2.65. The minimum Gasteiger partial charge on any atom is -0.383 e. The Morgan fingerprint density at radius 2 is 1.86 bits per heavy atom. The lowest BCUT2D eigenvalue weighted by Crippen LogP contribution is -2.37. The molecule has 0 bridgehead atoms. The van der Waals surface area contributed by atoms with Gasteiger partial charge < -0.3 is 13.9 Å². The summed E-state index contributed by atoms with van der Waals surface area (Å²) >= 11 is 6.21. The van der Waals surface area contributed by atoms with Crippen molar-refractivity contribution in [2.75, 3.05) is 13.7 Å². The van der Waals surface area contributed by atoms with Crippen molar-refractivity contribution in [1.82, 2.24) is 23.3 Å². The van der Waals surface area contributed by atoms with Crippen molar-refractivity contribution < 1.29 is 9.53 Å². The summed E-state index contributed by atoms with van der Waals surface area (Å²) in [5.74, 6) is -0.200. The third-order valence-electron chi connectivity index (χ3n) is 5.00. The zero-order valence-corrected chi connectivity index (χ0v) is 17.2. The van der Waals surface area contributed by atoms with Crippen molar-refractivity contribution in [2.24, 2.45) is 14.1 Å². The van der Waals surface area contributed by atoms with E-state index < -0.39 is 11.2 Å². The van der Waals surface area contributed by atoms with Crippen LogP contribution in [-0.4, -0.2) is 42.8 Å². The van der Waals surface area contributed by atoms with Crippen LogP contribution in [0, 0.1) is 13.8 Å². The van der Waals surface area contributed by atoms with Gasteiger partial charge in [0.25, 0.3) is 5.56 Å². The second-order valence-corrected chi connectivity index (χ2v) is 7.04. The molecular weight excluding hydrogens is 386 g/mol. The zero-order chi connectivity index (χ0) is 20.7. The Morgan fingerprint density at radius 3 is 2.50 bits per heavy atom. The van der Waals surface area contributed by atoms with Crippen LogP contribution in [0.25, 0.3) is 11.2 Å². The van der Waals surface area contributed by atoms with Crippen LogP contribution >= 0.6 is 11.6 Å². The van der Waals surface area contributed by atoms with Gasteiger partial charge in [0.05, 0.1) is 13.2 Å². The first-order valence-electron chi connectivity index (χ1n) is 8.69. The Morgan fingerprint density at radius 1 is 1.18 bits per heavy atom. The van der Waals surface area contributed by atoms with E-state index in [9.17, 15) is 14.4 Å². The van der Waals surface area contributed by atoms with Gasteiger partial charge in [0, 0.05) is 44.7 Å². The van der Waals surface area contributed by atoms with Gasteiger partial charge in [-0.2, -0.15) is 4.98 Å². The number of hydrogen-bond acceptors (Lipinski definition) is 5. The summed E-state index contributed by atoms with van der Waals surface area (Å²) in [4.78, 5) is 41.8. The van der Waals surface area contributed by atoms with Gasteiger partial charge >= 0.3 is 5.69 Å². The van der Waals surface area contributed by atoms with Gasteiger partial charge in [0.2, 0.25) is 5.28 Å². The van der Waals surface area contributed by atoms with Crippen molar-refractivity contribution in [3.63, 3.8) is 0 Å². The fourth-order valence-electron chi connectivity index (χ4n) is 3.40. The van der Waals surface area contributed by atoms with Gasteiger partial charge in [0.1, 0.15) is 0 Å². The van der Waals surface area contributed by atoms with E-state index in [4.69, 9.17) is 16.3 Å². The highest BCUT2D eigenvalue weighted by Gasteiger charge is 2.22. The summed E-state index contributed by atoms with van der Waals surface area (Å²) in [5, 5.41) is -0.0187. The van der Waals surface area contributed by atoms with Crippen LogP contribution in [0.1, 0.15) is 21.7 Å². The Labute approximate surface area is 165 Å². The Bertz CT molecular complexity index is 1200. The third-order valence-corrected chi connectivity index (χ3v) is 5.28. The molecule has 0 radical (unpaired) electrons. The normalized spacial score (nSPS) is 11.5. The van der Waals surface area contributed by atoms with Crippen molar-refractivity contribution >= 4 is 28.5 Å². The molecule has 0 fully saturated rings. The van der Waals surface area contributed by atoms with Gasteiger partial charge in [-0.3, -0.25) is 18.7 Å². The average molecular weight is 408 g/mol. The number of methoxy groups -OCH3 is 1. The van der Waals surface area contributed by atoms with Crippen molar-refractivity contribution in [1.29, 1.82) is 0 Å². The molecule has 3 rings (SSSR count). The SMILES string of the molecule is COCCn1c(C)cc(C(=O)Cn2c(Cl)nc3c2c(=O)n(C)c(=O)n3C)c1C. The highest BCUT2D eigenvalue weighted by atomic mass is 35.5. The molecule has 0 spiro atoms. The lowest BCUT2D eigenvalue weighted by molar-refractivity contribution is 0.0972. The number of halogens is 1. The maximum Gasteiger partial charge on any atom is 0.332 e. The molecule has 0 unspecified atom stereocenters. The number of rotatable bonds is 6. The van der Waals surface area contributed by atoms with Crippen molar-refractivity contribution in [3.05, 3.63) is 49.1 Å². The lowest BCUT2D eigenvalue weighted by Gasteiger charge is -2.09. The first-order valence-corrected chi connectivity index (χ1v) is 9.07. The van der Waals surface area contributed by atoms with Gasteiger partial charge in [0.15, 0.2) is 16.9 Å². The number of carbonyl (C=O) groups is 1. The largest absolute Gasteiger partial charge is 0.383 e. The van der Waals surface area contributed by atoms with Gasteiger partial charge in [-0.1, -0.05) is 0 Å². The van der Waals surface area contributed by atoms with E-state index in [1.165, 1.54) is 23.2 Å². The highest BCUT2D eigenvalue weighted by molar-refractivity contribution is 6.29. The molecule has 0 amide bonds. The minimum atomic E-state index is -0.545. The molecule has 28 heavy (non-hydrogen) atoms. The van der Waals surface area contributed by atoms with E-state index in [0.29, 0.717) is 18.7 Å². The summed E-state index contributed by atoms with van der Waals surface area (Å²) in [5.41, 5.74) is 1.53. The molecule has 3 aromatic rings. The number of aromatic nitrogens is 5. The van der Waals surface area contributed by atoms with Crippen LogP contribution in [0.15, 0.2) is 15.7 Å². The molecule has 9 nitrogen and oxygen atoms in total. The number of hydrogen-bond donors (Lipinski definition) is 0. The van der Waals surface area contributed by atoms with Gasteiger partial charge in [-0.05, 0) is 31.5 Å². The van der Waals surface area contributed by atoms with Crippen molar-refractivity contribution in [3.8, 4) is 0 Å². The van der Waals surface area contributed by atoms with Gasteiger partial charge in [-0.15, -0.1) is 0 Å². The molecule has 150 valence electrons. The van der Waals surface area contributed by atoms with Crippen molar-refractivity contribution in [2.45, 2.75) is 26.9 Å². The summed E-state index contributed by atoms with van der Waals surface area (Å²) in [6, 6.07) is 1.81. The van der Waals surface area contributed by atoms with E-state index in [1.807, 2.05) is 24.5 Å². The van der Waals surface area contributed by atoms with Crippen LogP contribution in [-0.2, 0) is 31.9 Å². The molecule has 3 aromatic heterocycles. The number of carbonyl (C=O) groups excluding carboxylic acids is 1. The number of nitrogens with zero attached hydrogens (tertiary/aromatic N) is 5. The molecule has 10 heteroatoms. The summed E-state index contributed by atoms with van der Waals surface area (Å²) in [6.45, 7) is 4.80. The van der Waals surface area contributed by atoms with Gasteiger partial charge in [-0.25, -0.2) is 4.79 Å². The lowest BCUT2D eigenvalue weighted by atomic mass is 10.1. The molecule has 0 N–H and O–H groups in total. The van der Waals surface area contributed by atoms with E-state index in [1.54, 1.807) is 7.11 Å². The predicted molar refractivity (Wildman–Crippen MR) is 105 cm³/mol. The number of aryl methyl sites for hydroxylation is 2. The van der Waals surface area contributed by atoms with Crippen LogP contribution in [0.2, 0.25) is 5.28 Å². The first kappa shape index (κ1) is 20.1. The Balaban J connectivity index is 2.07. The fourth-order valence-corrected chi connectivity index (χ4v) is 3.63. The predicted octanol–water partition coefficient (Wildman–Crippen LogP) is 1.03. The monoisotopic (exact) mass is 407 g/mol. The second kappa shape index (κ2) is 7.40. The maximum atomic E-state index is 13.0. The third kappa shape index (κ3) is 3.10. The molecular formula is C18H22ClN5O4. The standard InChI is InChI=1S/C18H22ClN5O4/c1-10-8-12(11(2)23(10)6-7-28-5)13(25)9-24-14-15(20-17(24)19)21(3)18(27)22(4)16(14)26/h8H,6-7,9H2,1-5H3. The molecule has 0 atom stereocenters. The second-order valence-electron chi connectivity index (χ2n) is 6.70. The molecule has 0 aliphatic heterocycles. The van der Waals surface area contributed by atoms with Crippen LogP contribution in [0.3, 0.4) is 0 Å². The molecule has 0 aromatic carbocycles. The van der Waals surface area contributed by atoms with Crippen LogP contribution < -0.4 is 11.2 Å². The minimum absolute atomic E-state index is 0.0187. The summed E-state index contributed by atoms with van der Waals surface area (Å²) in [6.07, 6.45) is 0. The average Bonchev–Trinajstić information content (AvgIpc) is 3.13. The van der Waals surface area contributed by atoms with E-state index >= 15 is 0 Å². The molecule has 3 heterocycles. The van der Waals surface area contributed by atoms with E-state index in [0.717, 1.165) is 16.0 Å². The molecule has 0 saturated heterocycles. The van der Waals surface area contributed by atoms with Crippen LogP contribution in [0.5, 0.6) is 0 Å². The summed E-state index contributed by atoms with van der Waals surface area (Å²) in [7, 11) is 4.50. The van der Waals surface area contributed by atoms with E-state index in [-0.39, 0.29) is 28.8 Å². The summed E-state index contributed by atoms with van der Waals surface area (Å²) < 4.78 is 10.7. The molecule has 0 saturated carbocycles. The smallest absolute Gasteiger partial charge is 0.332 e. The number of ketones is 1. The number of Topliss-reactive ketones (excluding diaryl/α,β-unsaturated/α-hetero) is 1. The molecule has 0 aliphatic carbocycles. The number of imidazole rings is 1. The Kier molecular flexibility index (Phi) is 5.31. The zero-order valence-electron chi connectivity index (χ0n) is 16.4. The fraction of sp³-hybridized carbons (Fsp3) is 0.444. The highest BCUT2D eigenvalue weighted by Crippen LogP contribution is 2.20. The topological polar surface area (TPSA) is 93.1 Å². The molecule has 0 aliphatic rings. The number of fused-ring (bicyclic) bond motifs is 1.